The number of hydrogen-bond acceptors (Lipinski definition) is 5. The molecule has 0 fully saturated rings. The summed E-state index contributed by atoms with van der Waals surface area (Å²) in [7, 11) is 0. The summed E-state index contributed by atoms with van der Waals surface area (Å²) in [5, 5.41) is 9.72. The molecule has 0 aromatic rings. The van der Waals surface area contributed by atoms with Gasteiger partial charge in [-0.1, -0.05) is 53.4 Å². The molecule has 0 aromatic heterocycles. The van der Waals surface area contributed by atoms with Gasteiger partial charge in [0.2, 0.25) is 0 Å². The Balaban J connectivity index is 4.88. The molecule has 0 radical (unpaired) electrons. The van der Waals surface area contributed by atoms with E-state index in [4.69, 9.17) is 18.9 Å². The van der Waals surface area contributed by atoms with Crippen LogP contribution in [-0.2, 0) is 18.9 Å². The number of nitriles is 1. The first-order chi connectivity index (χ1) is 12.2. The number of nitrogens with zero attached hydrogens (tertiary/aromatic N) is 1. The van der Waals surface area contributed by atoms with Crippen LogP contribution in [0.5, 0.6) is 0 Å². The average Bonchev–Trinajstić information content (AvgIpc) is 2.62. The van der Waals surface area contributed by atoms with Crippen molar-refractivity contribution in [3.05, 3.63) is 0 Å². The monoisotopic (exact) mass is 357 g/mol. The predicted molar refractivity (Wildman–Crippen MR) is 100 cm³/mol. The molecule has 0 unspecified atom stereocenters. The van der Waals surface area contributed by atoms with Crippen LogP contribution in [0.15, 0.2) is 0 Å². The molecule has 0 spiro atoms. The van der Waals surface area contributed by atoms with Crippen molar-refractivity contribution in [3.8, 4) is 6.07 Å². The number of unbranched alkanes of at least 4 members (excludes halogenated alkanes) is 4. The van der Waals surface area contributed by atoms with Crippen LogP contribution in [0, 0.1) is 17.2 Å². The molecule has 0 aliphatic rings. The second-order valence-electron chi connectivity index (χ2n) is 6.29. The molecular weight excluding hydrogens is 318 g/mol. The highest BCUT2D eigenvalue weighted by Gasteiger charge is 2.33. The van der Waals surface area contributed by atoms with E-state index in [0.717, 1.165) is 51.4 Å². The summed E-state index contributed by atoms with van der Waals surface area (Å²) in [6.45, 7) is 10.8. The molecule has 25 heavy (non-hydrogen) atoms. The van der Waals surface area contributed by atoms with Crippen molar-refractivity contribution in [2.24, 2.45) is 5.92 Å². The minimum Gasteiger partial charge on any atom is -0.351 e. The zero-order valence-electron chi connectivity index (χ0n) is 16.8. The molecule has 148 valence electrons. The van der Waals surface area contributed by atoms with E-state index in [1.165, 1.54) is 0 Å². The molecule has 0 amide bonds. The average molecular weight is 358 g/mol. The Hall–Kier alpha value is -0.670. The molecule has 0 saturated carbocycles. The predicted octanol–water partition coefficient (Wildman–Crippen LogP) is 5.05. The first-order valence-corrected chi connectivity index (χ1v) is 10.1. The molecule has 0 aliphatic heterocycles. The fourth-order valence-corrected chi connectivity index (χ4v) is 2.14. The molecule has 0 atom stereocenters. The Kier molecular flexibility index (Phi) is 17.6. The van der Waals surface area contributed by atoms with Gasteiger partial charge < -0.3 is 18.9 Å². The van der Waals surface area contributed by atoms with Crippen molar-refractivity contribution < 1.29 is 18.9 Å². The lowest BCUT2D eigenvalue weighted by atomic mass is 10.1. The zero-order valence-corrected chi connectivity index (χ0v) is 16.8. The molecule has 0 N–H and O–H groups in total. The zero-order chi connectivity index (χ0) is 18.8. The van der Waals surface area contributed by atoms with E-state index in [-0.39, 0.29) is 0 Å². The molecule has 5 heteroatoms. The van der Waals surface area contributed by atoms with Gasteiger partial charge in [0, 0.05) is 26.4 Å². The summed E-state index contributed by atoms with van der Waals surface area (Å²) < 4.78 is 23.5. The highest BCUT2D eigenvalue weighted by Crippen LogP contribution is 2.20. The van der Waals surface area contributed by atoms with Gasteiger partial charge in [-0.3, -0.25) is 0 Å². The van der Waals surface area contributed by atoms with Crippen molar-refractivity contribution >= 4 is 0 Å². The van der Waals surface area contributed by atoms with Crippen LogP contribution in [-0.4, -0.2) is 39.0 Å². The maximum atomic E-state index is 9.72. The molecule has 5 nitrogen and oxygen atoms in total. The van der Waals surface area contributed by atoms with Crippen LogP contribution in [0.3, 0.4) is 0 Å². The maximum absolute atomic E-state index is 9.72. The topological polar surface area (TPSA) is 60.7 Å². The van der Waals surface area contributed by atoms with Crippen molar-refractivity contribution in [2.75, 3.05) is 26.4 Å². The molecule has 0 rings (SSSR count). The second kappa shape index (κ2) is 18.1. The van der Waals surface area contributed by atoms with E-state index in [0.29, 0.717) is 26.4 Å². The number of rotatable bonds is 18. The second-order valence-corrected chi connectivity index (χ2v) is 6.29. The van der Waals surface area contributed by atoms with Gasteiger partial charge in [-0.25, -0.2) is 0 Å². The van der Waals surface area contributed by atoms with Crippen LogP contribution >= 0.6 is 0 Å². The largest absolute Gasteiger partial charge is 0.351 e. The van der Waals surface area contributed by atoms with Crippen LogP contribution in [0.4, 0.5) is 0 Å². The Bertz CT molecular complexity index is 275. The number of ether oxygens (including phenoxy) is 4. The summed E-state index contributed by atoms with van der Waals surface area (Å²) in [6, 6.07) is 2.31. The van der Waals surface area contributed by atoms with Crippen molar-refractivity contribution in [2.45, 2.75) is 91.6 Å². The van der Waals surface area contributed by atoms with Crippen molar-refractivity contribution in [3.63, 3.8) is 0 Å². The SMILES string of the molecule is CCCCOC(OCCCC)C(C#N)C(OCCCC)OCCCC. The maximum Gasteiger partial charge on any atom is 0.178 e. The van der Waals surface area contributed by atoms with E-state index in [9.17, 15) is 5.26 Å². The van der Waals surface area contributed by atoms with E-state index >= 15 is 0 Å². The third-order valence-electron chi connectivity index (χ3n) is 3.86. The molecule has 0 aliphatic carbocycles. The van der Waals surface area contributed by atoms with Crippen LogP contribution in [0.2, 0.25) is 0 Å². The van der Waals surface area contributed by atoms with Crippen LogP contribution < -0.4 is 0 Å². The fraction of sp³-hybridized carbons (Fsp3) is 0.950. The molecular formula is C20H39NO4. The van der Waals surface area contributed by atoms with Gasteiger partial charge in [-0.15, -0.1) is 0 Å². The highest BCUT2D eigenvalue weighted by atomic mass is 16.7. The summed E-state index contributed by atoms with van der Waals surface area (Å²) >= 11 is 0. The van der Waals surface area contributed by atoms with Gasteiger partial charge in [0.05, 0.1) is 6.07 Å². The first-order valence-electron chi connectivity index (χ1n) is 10.1. The van der Waals surface area contributed by atoms with E-state index in [1.807, 2.05) is 0 Å². The standard InChI is InChI=1S/C20H39NO4/c1-5-9-13-22-19(23-14-10-6-2)18(17-21)20(24-15-11-7-3)25-16-12-8-4/h18-20H,5-16H2,1-4H3. The lowest BCUT2D eigenvalue weighted by Crippen LogP contribution is -2.39. The van der Waals surface area contributed by atoms with Gasteiger partial charge in [-0.05, 0) is 25.7 Å². The number of hydrogen-bond donors (Lipinski definition) is 0. The van der Waals surface area contributed by atoms with E-state index < -0.39 is 18.5 Å². The summed E-state index contributed by atoms with van der Waals surface area (Å²) in [4.78, 5) is 0. The molecule has 0 bridgehead atoms. The first kappa shape index (κ1) is 24.3. The smallest absolute Gasteiger partial charge is 0.178 e. The summed E-state index contributed by atoms with van der Waals surface area (Å²) in [6.07, 6.45) is 6.77. The summed E-state index contributed by atoms with van der Waals surface area (Å²) in [5.74, 6) is -0.581. The molecule has 0 saturated heterocycles. The van der Waals surface area contributed by atoms with Gasteiger partial charge in [0.15, 0.2) is 12.6 Å². The third-order valence-corrected chi connectivity index (χ3v) is 3.86. The van der Waals surface area contributed by atoms with Crippen molar-refractivity contribution in [1.82, 2.24) is 0 Å². The lowest BCUT2D eigenvalue weighted by molar-refractivity contribution is -0.237. The van der Waals surface area contributed by atoms with Crippen LogP contribution in [0.1, 0.15) is 79.1 Å². The fourth-order valence-electron chi connectivity index (χ4n) is 2.14. The lowest BCUT2D eigenvalue weighted by Gasteiger charge is -2.29. The van der Waals surface area contributed by atoms with Gasteiger partial charge in [-0.2, -0.15) is 5.26 Å². The molecule has 0 heterocycles. The summed E-state index contributed by atoms with van der Waals surface area (Å²) in [5.41, 5.74) is 0. The Labute approximate surface area is 155 Å². The molecule has 0 aromatic carbocycles. The van der Waals surface area contributed by atoms with Crippen molar-refractivity contribution in [1.29, 1.82) is 5.26 Å². The van der Waals surface area contributed by atoms with E-state index in [1.54, 1.807) is 0 Å². The van der Waals surface area contributed by atoms with Crippen LogP contribution in [0.25, 0.3) is 0 Å². The minimum absolute atomic E-state index is 0.581. The highest BCUT2D eigenvalue weighted by molar-refractivity contribution is 4.89. The third kappa shape index (κ3) is 12.3. The Morgan fingerprint density at radius 1 is 0.600 bits per heavy atom. The Morgan fingerprint density at radius 2 is 0.880 bits per heavy atom. The minimum atomic E-state index is -0.601. The van der Waals surface area contributed by atoms with Gasteiger partial charge in [0.25, 0.3) is 0 Å². The quantitative estimate of drug-likeness (QED) is 0.254. The normalized spacial score (nSPS) is 11.6. The van der Waals surface area contributed by atoms with E-state index in [2.05, 4.69) is 33.8 Å². The Morgan fingerprint density at radius 3 is 1.08 bits per heavy atom. The van der Waals surface area contributed by atoms with Gasteiger partial charge >= 0.3 is 0 Å². The van der Waals surface area contributed by atoms with Gasteiger partial charge in [0.1, 0.15) is 5.92 Å².